The van der Waals surface area contributed by atoms with E-state index in [4.69, 9.17) is 10.3 Å². The van der Waals surface area contributed by atoms with E-state index >= 15 is 0 Å². The van der Waals surface area contributed by atoms with Crippen LogP contribution in [0.5, 0.6) is 0 Å². The molecule has 1 rings (SSSR count). The molecule has 0 aliphatic heterocycles. The summed E-state index contributed by atoms with van der Waals surface area (Å²) in [4.78, 5) is 0. The molecule has 0 radical (unpaired) electrons. The molecule has 1 heterocycles. The third-order valence-corrected chi connectivity index (χ3v) is 1.56. The van der Waals surface area contributed by atoms with Crippen LogP contribution in [0.15, 0.2) is 10.6 Å². The third-order valence-electron chi connectivity index (χ3n) is 1.56. The molecule has 3 N–H and O–H groups in total. The third kappa shape index (κ3) is 2.92. The van der Waals surface area contributed by atoms with Crippen LogP contribution in [0, 0.1) is 6.92 Å². The smallest absolute Gasteiger partial charge is 0.169 e. The standard InChI is InChI=1S/C8H15N3O/c1-7-6-8(11-12-7)10-5-3-2-4-9/h6H,2-5,9H2,1H3,(H,10,11). The summed E-state index contributed by atoms with van der Waals surface area (Å²) in [5, 5.41) is 6.94. The fourth-order valence-electron chi connectivity index (χ4n) is 0.936. The number of hydrogen-bond donors (Lipinski definition) is 2. The number of nitrogens with zero attached hydrogens (tertiary/aromatic N) is 1. The van der Waals surface area contributed by atoms with E-state index in [1.807, 2.05) is 13.0 Å². The van der Waals surface area contributed by atoms with Gasteiger partial charge < -0.3 is 15.6 Å². The minimum Gasteiger partial charge on any atom is -0.367 e. The van der Waals surface area contributed by atoms with E-state index in [1.54, 1.807) is 0 Å². The molecular weight excluding hydrogens is 154 g/mol. The van der Waals surface area contributed by atoms with Crippen molar-refractivity contribution < 1.29 is 4.52 Å². The van der Waals surface area contributed by atoms with Crippen LogP contribution in [0.2, 0.25) is 0 Å². The second kappa shape index (κ2) is 4.77. The highest BCUT2D eigenvalue weighted by molar-refractivity contribution is 5.32. The molecule has 0 unspecified atom stereocenters. The largest absolute Gasteiger partial charge is 0.367 e. The summed E-state index contributed by atoms with van der Waals surface area (Å²) in [7, 11) is 0. The highest BCUT2D eigenvalue weighted by Gasteiger charge is 1.96. The van der Waals surface area contributed by atoms with Crippen molar-refractivity contribution in [1.29, 1.82) is 0 Å². The SMILES string of the molecule is Cc1cc(NCCCCN)no1. The number of nitrogens with one attached hydrogen (secondary N) is 1. The Morgan fingerprint density at radius 3 is 3.00 bits per heavy atom. The maximum atomic E-state index is 5.35. The molecular formula is C8H15N3O. The molecule has 12 heavy (non-hydrogen) atoms. The maximum Gasteiger partial charge on any atom is 0.169 e. The summed E-state index contributed by atoms with van der Waals surface area (Å²) < 4.78 is 4.88. The Bertz CT molecular complexity index is 222. The fourth-order valence-corrected chi connectivity index (χ4v) is 0.936. The number of unbranched alkanes of at least 4 members (excludes halogenated alkanes) is 1. The molecule has 1 aromatic rings. The van der Waals surface area contributed by atoms with Gasteiger partial charge in [0.25, 0.3) is 0 Å². The Labute approximate surface area is 72.1 Å². The predicted octanol–water partition coefficient (Wildman–Crippen LogP) is 1.13. The van der Waals surface area contributed by atoms with Gasteiger partial charge in [-0.2, -0.15) is 0 Å². The normalized spacial score (nSPS) is 10.2. The maximum absolute atomic E-state index is 5.35. The molecule has 0 aliphatic rings. The van der Waals surface area contributed by atoms with Gasteiger partial charge >= 0.3 is 0 Å². The van der Waals surface area contributed by atoms with Gasteiger partial charge in [0.05, 0.1) is 0 Å². The first-order valence-corrected chi connectivity index (χ1v) is 4.20. The number of hydrogen-bond acceptors (Lipinski definition) is 4. The van der Waals surface area contributed by atoms with Crippen LogP contribution in [-0.4, -0.2) is 18.2 Å². The van der Waals surface area contributed by atoms with Gasteiger partial charge in [0.1, 0.15) is 5.76 Å². The van der Waals surface area contributed by atoms with Crippen molar-refractivity contribution in [3.63, 3.8) is 0 Å². The zero-order valence-electron chi connectivity index (χ0n) is 7.34. The Morgan fingerprint density at radius 2 is 2.42 bits per heavy atom. The molecule has 68 valence electrons. The van der Waals surface area contributed by atoms with Gasteiger partial charge in [-0.1, -0.05) is 5.16 Å². The lowest BCUT2D eigenvalue weighted by Gasteiger charge is -1.99. The molecule has 0 aliphatic carbocycles. The van der Waals surface area contributed by atoms with Crippen LogP contribution >= 0.6 is 0 Å². The molecule has 0 saturated carbocycles. The molecule has 0 spiro atoms. The molecule has 0 amide bonds. The molecule has 4 heteroatoms. The second-order valence-corrected chi connectivity index (χ2v) is 2.75. The molecule has 0 bridgehead atoms. The van der Waals surface area contributed by atoms with Gasteiger partial charge in [0.15, 0.2) is 5.82 Å². The van der Waals surface area contributed by atoms with E-state index in [1.165, 1.54) is 0 Å². The van der Waals surface area contributed by atoms with Crippen LogP contribution in [-0.2, 0) is 0 Å². The van der Waals surface area contributed by atoms with Crippen LogP contribution in [0.25, 0.3) is 0 Å². The zero-order valence-corrected chi connectivity index (χ0v) is 7.34. The van der Waals surface area contributed by atoms with E-state index in [0.717, 1.165) is 37.5 Å². The molecule has 0 atom stereocenters. The van der Waals surface area contributed by atoms with Gasteiger partial charge in [-0.3, -0.25) is 0 Å². The van der Waals surface area contributed by atoms with Gasteiger partial charge in [-0.05, 0) is 26.3 Å². The zero-order chi connectivity index (χ0) is 8.81. The summed E-state index contributed by atoms with van der Waals surface area (Å²) in [5.41, 5.74) is 5.35. The number of aryl methyl sites for hydroxylation is 1. The van der Waals surface area contributed by atoms with Crippen molar-refractivity contribution in [2.45, 2.75) is 19.8 Å². The number of aromatic nitrogens is 1. The van der Waals surface area contributed by atoms with Gasteiger partial charge in [0.2, 0.25) is 0 Å². The van der Waals surface area contributed by atoms with E-state index in [2.05, 4.69) is 10.5 Å². The Morgan fingerprint density at radius 1 is 1.58 bits per heavy atom. The van der Waals surface area contributed by atoms with Crippen LogP contribution in [0.1, 0.15) is 18.6 Å². The Balaban J connectivity index is 2.15. The van der Waals surface area contributed by atoms with Crippen molar-refractivity contribution in [2.75, 3.05) is 18.4 Å². The number of rotatable bonds is 5. The van der Waals surface area contributed by atoms with Crippen molar-refractivity contribution in [2.24, 2.45) is 5.73 Å². The highest BCUT2D eigenvalue weighted by atomic mass is 16.5. The summed E-state index contributed by atoms with van der Waals surface area (Å²) in [6.07, 6.45) is 2.12. The number of nitrogens with two attached hydrogens (primary N) is 1. The lowest BCUT2D eigenvalue weighted by molar-refractivity contribution is 0.399. The van der Waals surface area contributed by atoms with Crippen molar-refractivity contribution >= 4 is 5.82 Å². The average Bonchev–Trinajstić information content (AvgIpc) is 2.45. The first-order chi connectivity index (χ1) is 5.83. The van der Waals surface area contributed by atoms with Gasteiger partial charge in [-0.15, -0.1) is 0 Å². The van der Waals surface area contributed by atoms with Gasteiger partial charge in [-0.25, -0.2) is 0 Å². The van der Waals surface area contributed by atoms with E-state index in [0.29, 0.717) is 0 Å². The lowest BCUT2D eigenvalue weighted by Crippen LogP contribution is -2.05. The quantitative estimate of drug-likeness (QED) is 0.648. The minimum absolute atomic E-state index is 0.750. The van der Waals surface area contributed by atoms with E-state index in [-0.39, 0.29) is 0 Å². The Kier molecular flexibility index (Phi) is 3.60. The molecule has 0 saturated heterocycles. The summed E-state index contributed by atoms with van der Waals surface area (Å²) in [5.74, 6) is 1.64. The summed E-state index contributed by atoms with van der Waals surface area (Å²) in [6, 6.07) is 1.88. The summed E-state index contributed by atoms with van der Waals surface area (Å²) in [6.45, 7) is 3.53. The van der Waals surface area contributed by atoms with Gasteiger partial charge in [0, 0.05) is 12.6 Å². The molecule has 1 aromatic heterocycles. The first-order valence-electron chi connectivity index (χ1n) is 4.20. The average molecular weight is 169 g/mol. The first kappa shape index (κ1) is 9.06. The Hall–Kier alpha value is -1.03. The monoisotopic (exact) mass is 169 g/mol. The molecule has 0 aromatic carbocycles. The van der Waals surface area contributed by atoms with Crippen LogP contribution in [0.4, 0.5) is 5.82 Å². The number of anilines is 1. The fraction of sp³-hybridized carbons (Fsp3) is 0.625. The molecule has 0 fully saturated rings. The lowest BCUT2D eigenvalue weighted by atomic mass is 10.3. The van der Waals surface area contributed by atoms with Crippen molar-refractivity contribution in [1.82, 2.24) is 5.16 Å². The highest BCUT2D eigenvalue weighted by Crippen LogP contribution is 2.06. The van der Waals surface area contributed by atoms with Crippen molar-refractivity contribution in [3.05, 3.63) is 11.8 Å². The van der Waals surface area contributed by atoms with Crippen molar-refractivity contribution in [3.8, 4) is 0 Å². The summed E-state index contributed by atoms with van der Waals surface area (Å²) >= 11 is 0. The van der Waals surface area contributed by atoms with E-state index < -0.39 is 0 Å². The van der Waals surface area contributed by atoms with Crippen LogP contribution in [0.3, 0.4) is 0 Å². The second-order valence-electron chi connectivity index (χ2n) is 2.75. The minimum atomic E-state index is 0.750. The predicted molar refractivity (Wildman–Crippen MR) is 48.0 cm³/mol. The molecule has 4 nitrogen and oxygen atoms in total. The van der Waals surface area contributed by atoms with Crippen LogP contribution < -0.4 is 11.1 Å². The topological polar surface area (TPSA) is 64.1 Å². The van der Waals surface area contributed by atoms with E-state index in [9.17, 15) is 0 Å².